The Kier molecular flexibility index (Phi) is 6.60. The van der Waals surface area contributed by atoms with E-state index in [2.05, 4.69) is 4.74 Å². The van der Waals surface area contributed by atoms with E-state index in [1.54, 1.807) is 0 Å². The van der Waals surface area contributed by atoms with Gasteiger partial charge >= 0.3 is 35.5 Å². The van der Waals surface area contributed by atoms with Crippen LogP contribution in [0.4, 0.5) is 5.69 Å². The summed E-state index contributed by atoms with van der Waals surface area (Å²) in [4.78, 5) is 21.1. The number of methoxy groups -OCH3 is 1. The van der Waals surface area contributed by atoms with Crippen molar-refractivity contribution < 1.29 is 57.0 Å². The van der Waals surface area contributed by atoms with Gasteiger partial charge in [0.2, 0.25) is 0 Å². The standard InChI is InChI=1S/C9H9NO7S.Na/c1-17-9(11)8-4-7(10(12)13)3-2-6(8)5-18(14,15)16;/h2-4H,5H2,1H3,(H,14,15,16);/q;+1/p-1. The zero-order valence-electron chi connectivity index (χ0n) is 10.2. The Morgan fingerprint density at radius 1 is 1.42 bits per heavy atom. The summed E-state index contributed by atoms with van der Waals surface area (Å²) in [6.07, 6.45) is 0. The molecule has 0 aliphatic heterocycles. The van der Waals surface area contributed by atoms with Gasteiger partial charge in [0, 0.05) is 12.1 Å². The normalized spacial score (nSPS) is 10.4. The largest absolute Gasteiger partial charge is 1.00 e. The molecule has 0 atom stereocenters. The van der Waals surface area contributed by atoms with Crippen LogP contribution < -0.4 is 29.6 Å². The van der Waals surface area contributed by atoms with Crippen molar-refractivity contribution in [2.24, 2.45) is 0 Å². The van der Waals surface area contributed by atoms with Crippen LogP contribution >= 0.6 is 0 Å². The first-order valence-corrected chi connectivity index (χ1v) is 6.11. The molecule has 98 valence electrons. The van der Waals surface area contributed by atoms with E-state index >= 15 is 0 Å². The van der Waals surface area contributed by atoms with Crippen LogP contribution in [0.25, 0.3) is 0 Å². The van der Waals surface area contributed by atoms with Crippen LogP contribution in [0.2, 0.25) is 0 Å². The first-order chi connectivity index (χ1) is 8.24. The van der Waals surface area contributed by atoms with Crippen molar-refractivity contribution in [3.8, 4) is 0 Å². The molecule has 0 aromatic heterocycles. The fraction of sp³-hybridized carbons (Fsp3) is 0.222. The van der Waals surface area contributed by atoms with Gasteiger partial charge in [-0.05, 0) is 5.56 Å². The Hall–Kier alpha value is -1.000. The van der Waals surface area contributed by atoms with E-state index in [9.17, 15) is 27.9 Å². The molecule has 0 saturated heterocycles. The number of rotatable bonds is 4. The van der Waals surface area contributed by atoms with Gasteiger partial charge in [-0.2, -0.15) is 0 Å². The number of ether oxygens (including phenoxy) is 1. The minimum Gasteiger partial charge on any atom is -0.748 e. The van der Waals surface area contributed by atoms with Gasteiger partial charge in [-0.1, -0.05) is 6.07 Å². The quantitative estimate of drug-likeness (QED) is 0.196. The molecular formula is C9H8NNaO7S. The number of benzene rings is 1. The molecule has 0 bridgehead atoms. The SMILES string of the molecule is COC(=O)c1cc([N+](=O)[O-])ccc1CS(=O)(=O)[O-].[Na+]. The molecular weight excluding hydrogens is 289 g/mol. The van der Waals surface area contributed by atoms with E-state index in [4.69, 9.17) is 0 Å². The number of hydrogen-bond acceptors (Lipinski definition) is 7. The summed E-state index contributed by atoms with van der Waals surface area (Å²) in [5.74, 6) is -1.88. The number of nitro benzene ring substituents is 1. The molecule has 10 heteroatoms. The zero-order valence-corrected chi connectivity index (χ0v) is 13.0. The molecule has 1 aromatic rings. The maximum absolute atomic E-state index is 11.4. The zero-order chi connectivity index (χ0) is 13.9. The van der Waals surface area contributed by atoms with Gasteiger partial charge in [0.05, 0.1) is 33.5 Å². The third-order valence-electron chi connectivity index (χ3n) is 2.04. The van der Waals surface area contributed by atoms with E-state index in [0.29, 0.717) is 0 Å². The summed E-state index contributed by atoms with van der Waals surface area (Å²) < 4.78 is 36.3. The minimum absolute atomic E-state index is 0. The molecule has 0 aliphatic rings. The number of nitrogens with zero attached hydrogens (tertiary/aromatic N) is 1. The van der Waals surface area contributed by atoms with Crippen molar-refractivity contribution >= 4 is 21.8 Å². The third kappa shape index (κ3) is 5.25. The maximum Gasteiger partial charge on any atom is 1.00 e. The van der Waals surface area contributed by atoms with Gasteiger partial charge in [0.15, 0.2) is 0 Å². The van der Waals surface area contributed by atoms with Gasteiger partial charge in [-0.15, -0.1) is 0 Å². The number of nitro groups is 1. The molecule has 1 rings (SSSR count). The van der Waals surface area contributed by atoms with Crippen LogP contribution in [0, 0.1) is 10.1 Å². The van der Waals surface area contributed by atoms with Crippen molar-refractivity contribution in [1.29, 1.82) is 0 Å². The first-order valence-electron chi connectivity index (χ1n) is 4.54. The second kappa shape index (κ2) is 6.96. The summed E-state index contributed by atoms with van der Waals surface area (Å²) in [7, 11) is -3.56. The van der Waals surface area contributed by atoms with Crippen LogP contribution in [0.3, 0.4) is 0 Å². The van der Waals surface area contributed by atoms with Crippen molar-refractivity contribution in [3.05, 3.63) is 39.4 Å². The Labute approximate surface area is 130 Å². The fourth-order valence-electron chi connectivity index (χ4n) is 1.29. The summed E-state index contributed by atoms with van der Waals surface area (Å²) in [5.41, 5.74) is -0.851. The van der Waals surface area contributed by atoms with Crippen LogP contribution in [0.5, 0.6) is 0 Å². The average Bonchev–Trinajstić information content (AvgIpc) is 2.26. The molecule has 0 spiro atoms. The second-order valence-corrected chi connectivity index (χ2v) is 4.70. The van der Waals surface area contributed by atoms with Crippen molar-refractivity contribution in [1.82, 2.24) is 0 Å². The molecule has 0 radical (unpaired) electrons. The molecule has 1 aromatic carbocycles. The number of carbonyl (C=O) groups excluding carboxylic acids is 1. The molecule has 0 unspecified atom stereocenters. The molecule has 0 aliphatic carbocycles. The Balaban J connectivity index is 0.00000324. The van der Waals surface area contributed by atoms with Gasteiger partial charge < -0.3 is 9.29 Å². The van der Waals surface area contributed by atoms with E-state index in [1.165, 1.54) is 0 Å². The third-order valence-corrected chi connectivity index (χ3v) is 2.71. The first kappa shape index (κ1) is 18.0. The Bertz CT molecular complexity index is 599. The topological polar surface area (TPSA) is 127 Å². The van der Waals surface area contributed by atoms with Crippen LogP contribution in [-0.4, -0.2) is 31.0 Å². The van der Waals surface area contributed by atoms with Crippen molar-refractivity contribution in [2.45, 2.75) is 5.75 Å². The summed E-state index contributed by atoms with van der Waals surface area (Å²) in [6, 6.07) is 2.92. The molecule has 0 saturated carbocycles. The van der Waals surface area contributed by atoms with Gasteiger partial charge in [-0.25, -0.2) is 13.2 Å². The van der Waals surface area contributed by atoms with Crippen molar-refractivity contribution in [2.75, 3.05) is 7.11 Å². The van der Waals surface area contributed by atoms with Gasteiger partial charge in [0.1, 0.15) is 0 Å². The van der Waals surface area contributed by atoms with Crippen LogP contribution in [-0.2, 0) is 20.6 Å². The Morgan fingerprint density at radius 3 is 2.42 bits per heavy atom. The van der Waals surface area contributed by atoms with E-state index in [0.717, 1.165) is 25.3 Å². The van der Waals surface area contributed by atoms with Crippen LogP contribution in [0.1, 0.15) is 15.9 Å². The van der Waals surface area contributed by atoms with E-state index in [-0.39, 0.29) is 40.7 Å². The average molecular weight is 297 g/mol. The Morgan fingerprint density at radius 2 is 2.00 bits per heavy atom. The summed E-state index contributed by atoms with van der Waals surface area (Å²) in [5, 5.41) is 10.5. The van der Waals surface area contributed by atoms with Crippen molar-refractivity contribution in [3.63, 3.8) is 0 Å². The smallest absolute Gasteiger partial charge is 0.748 e. The number of carbonyl (C=O) groups is 1. The second-order valence-electron chi connectivity index (χ2n) is 3.29. The predicted molar refractivity (Wildman–Crippen MR) is 57.8 cm³/mol. The van der Waals surface area contributed by atoms with E-state index in [1.807, 2.05) is 0 Å². The number of non-ortho nitro benzene ring substituents is 1. The molecule has 0 fully saturated rings. The molecule has 0 heterocycles. The summed E-state index contributed by atoms with van der Waals surface area (Å²) >= 11 is 0. The van der Waals surface area contributed by atoms with Gasteiger partial charge in [0.25, 0.3) is 5.69 Å². The maximum atomic E-state index is 11.4. The van der Waals surface area contributed by atoms with Crippen LogP contribution in [0.15, 0.2) is 18.2 Å². The predicted octanol–water partition coefficient (Wildman–Crippen LogP) is -2.57. The van der Waals surface area contributed by atoms with E-state index < -0.39 is 32.5 Å². The molecule has 8 nitrogen and oxygen atoms in total. The molecule has 19 heavy (non-hydrogen) atoms. The molecule has 0 N–H and O–H groups in total. The van der Waals surface area contributed by atoms with Gasteiger partial charge in [-0.3, -0.25) is 10.1 Å². The minimum atomic E-state index is -4.60. The monoisotopic (exact) mass is 297 g/mol. The summed E-state index contributed by atoms with van der Waals surface area (Å²) in [6.45, 7) is 0. The number of esters is 1. The number of hydrogen-bond donors (Lipinski definition) is 0. The fourth-order valence-corrected chi connectivity index (χ4v) is 1.93. The molecule has 0 amide bonds.